The quantitative estimate of drug-likeness (QED) is 0.606. The van der Waals surface area contributed by atoms with Gasteiger partial charge in [0.05, 0.1) is 29.2 Å². The highest BCUT2D eigenvalue weighted by molar-refractivity contribution is 6.31. The van der Waals surface area contributed by atoms with E-state index in [1.807, 2.05) is 31.2 Å². The number of pyridine rings is 1. The van der Waals surface area contributed by atoms with E-state index in [4.69, 9.17) is 16.3 Å². The van der Waals surface area contributed by atoms with Gasteiger partial charge in [-0.05, 0) is 49.4 Å². The van der Waals surface area contributed by atoms with E-state index in [-0.39, 0.29) is 10.7 Å². The van der Waals surface area contributed by atoms with Gasteiger partial charge < -0.3 is 15.4 Å². The molecule has 3 rings (SSSR count). The number of carbonyl (C=O) groups is 1. The fourth-order valence-electron chi connectivity index (χ4n) is 2.38. The average Bonchev–Trinajstić information content (AvgIpc) is 2.67. The van der Waals surface area contributed by atoms with Crippen LogP contribution in [0.1, 0.15) is 17.4 Å². The van der Waals surface area contributed by atoms with Crippen LogP contribution < -0.4 is 15.4 Å². The van der Waals surface area contributed by atoms with E-state index in [0.29, 0.717) is 18.0 Å². The minimum atomic E-state index is -0.546. The molecule has 0 unspecified atom stereocenters. The molecule has 5 nitrogen and oxygen atoms in total. The van der Waals surface area contributed by atoms with E-state index < -0.39 is 11.7 Å². The third kappa shape index (κ3) is 4.74. The summed E-state index contributed by atoms with van der Waals surface area (Å²) >= 11 is 5.72. The van der Waals surface area contributed by atoms with Crippen molar-refractivity contribution in [3.05, 3.63) is 77.3 Å². The predicted molar refractivity (Wildman–Crippen MR) is 104 cm³/mol. The Hall–Kier alpha value is -3.12. The monoisotopic (exact) mass is 385 g/mol. The van der Waals surface area contributed by atoms with Gasteiger partial charge in [-0.2, -0.15) is 0 Å². The smallest absolute Gasteiger partial charge is 0.274 e. The van der Waals surface area contributed by atoms with Crippen LogP contribution in [0.15, 0.2) is 60.8 Å². The number of nitrogens with zero attached hydrogens (tertiary/aromatic N) is 1. The Morgan fingerprint density at radius 2 is 1.93 bits per heavy atom. The second-order valence-electron chi connectivity index (χ2n) is 5.57. The average molecular weight is 386 g/mol. The number of halogens is 2. The Morgan fingerprint density at radius 1 is 1.15 bits per heavy atom. The van der Waals surface area contributed by atoms with Gasteiger partial charge in [0, 0.05) is 5.69 Å². The topological polar surface area (TPSA) is 63.2 Å². The van der Waals surface area contributed by atoms with Crippen LogP contribution in [0.2, 0.25) is 5.02 Å². The number of hydrogen-bond acceptors (Lipinski definition) is 4. The largest absolute Gasteiger partial charge is 0.492 e. The molecule has 0 saturated carbocycles. The van der Waals surface area contributed by atoms with Gasteiger partial charge in [0.25, 0.3) is 5.91 Å². The molecule has 138 valence electrons. The first-order valence-electron chi connectivity index (χ1n) is 8.28. The lowest BCUT2D eigenvalue weighted by Crippen LogP contribution is -2.13. The standard InChI is InChI=1S/C20H17ClFN3O2/c1-2-27-19-6-4-3-5-17(19)24-14-8-10-18(23-12-14)20(26)25-13-7-9-16(22)15(21)11-13/h3-12,24H,2H2,1H3,(H,25,26). The number of anilines is 3. The molecule has 2 aromatic carbocycles. The molecule has 0 aliphatic heterocycles. The maximum absolute atomic E-state index is 13.2. The number of ether oxygens (including phenoxy) is 1. The van der Waals surface area contributed by atoms with Crippen LogP contribution in [0.25, 0.3) is 0 Å². The number of para-hydroxylation sites is 2. The lowest BCUT2D eigenvalue weighted by Gasteiger charge is -2.12. The molecule has 3 aromatic rings. The highest BCUT2D eigenvalue weighted by Crippen LogP contribution is 2.27. The number of rotatable bonds is 6. The zero-order valence-corrected chi connectivity index (χ0v) is 15.3. The van der Waals surface area contributed by atoms with Crippen molar-refractivity contribution in [2.45, 2.75) is 6.92 Å². The van der Waals surface area contributed by atoms with Crippen molar-refractivity contribution in [3.63, 3.8) is 0 Å². The molecule has 0 aliphatic rings. The normalized spacial score (nSPS) is 10.3. The molecule has 27 heavy (non-hydrogen) atoms. The molecule has 0 fully saturated rings. The van der Waals surface area contributed by atoms with Crippen LogP contribution in [0.3, 0.4) is 0 Å². The van der Waals surface area contributed by atoms with Crippen LogP contribution in [0.5, 0.6) is 5.75 Å². The number of hydrogen-bond donors (Lipinski definition) is 2. The van der Waals surface area contributed by atoms with Gasteiger partial charge in [0.2, 0.25) is 0 Å². The van der Waals surface area contributed by atoms with Crippen molar-refractivity contribution in [1.82, 2.24) is 4.98 Å². The first kappa shape index (κ1) is 18.7. The third-order valence-electron chi connectivity index (χ3n) is 3.64. The predicted octanol–water partition coefficient (Wildman–Crippen LogP) is 5.27. The minimum Gasteiger partial charge on any atom is -0.492 e. The van der Waals surface area contributed by atoms with Gasteiger partial charge in [-0.3, -0.25) is 4.79 Å². The fourth-order valence-corrected chi connectivity index (χ4v) is 2.56. The van der Waals surface area contributed by atoms with E-state index in [1.54, 1.807) is 18.3 Å². The van der Waals surface area contributed by atoms with Gasteiger partial charge in [0.1, 0.15) is 17.3 Å². The maximum atomic E-state index is 13.2. The lowest BCUT2D eigenvalue weighted by atomic mass is 10.2. The van der Waals surface area contributed by atoms with Gasteiger partial charge in [0.15, 0.2) is 0 Å². The summed E-state index contributed by atoms with van der Waals surface area (Å²) in [7, 11) is 0. The van der Waals surface area contributed by atoms with Gasteiger partial charge in [-0.25, -0.2) is 9.37 Å². The van der Waals surface area contributed by atoms with E-state index in [0.717, 1.165) is 11.4 Å². The molecule has 7 heteroatoms. The summed E-state index contributed by atoms with van der Waals surface area (Å²) in [6, 6.07) is 14.8. The molecule has 0 atom stereocenters. The summed E-state index contributed by atoms with van der Waals surface area (Å²) in [5, 5.41) is 5.78. The van der Waals surface area contributed by atoms with E-state index in [2.05, 4.69) is 15.6 Å². The number of aromatic nitrogens is 1. The van der Waals surface area contributed by atoms with Crippen molar-refractivity contribution in [3.8, 4) is 5.75 Å². The van der Waals surface area contributed by atoms with Gasteiger partial charge in [-0.15, -0.1) is 0 Å². The SMILES string of the molecule is CCOc1ccccc1Nc1ccc(C(=O)Nc2ccc(F)c(Cl)c2)nc1. The molecule has 0 radical (unpaired) electrons. The molecule has 0 spiro atoms. The maximum Gasteiger partial charge on any atom is 0.274 e. The molecular formula is C20H17ClFN3O2. The first-order chi connectivity index (χ1) is 13.1. The second kappa shape index (κ2) is 8.51. The molecule has 1 amide bonds. The Bertz CT molecular complexity index is 948. The van der Waals surface area contributed by atoms with E-state index >= 15 is 0 Å². The number of nitrogens with one attached hydrogen (secondary N) is 2. The third-order valence-corrected chi connectivity index (χ3v) is 3.93. The van der Waals surface area contributed by atoms with E-state index in [1.165, 1.54) is 18.2 Å². The van der Waals surface area contributed by atoms with Crippen LogP contribution in [-0.2, 0) is 0 Å². The summed E-state index contributed by atoms with van der Waals surface area (Å²) in [5.74, 6) is -0.232. The van der Waals surface area contributed by atoms with Crippen LogP contribution >= 0.6 is 11.6 Å². The number of amides is 1. The molecule has 0 aliphatic carbocycles. The Labute approximate surface area is 161 Å². The molecule has 2 N–H and O–H groups in total. The Balaban J connectivity index is 1.69. The Kier molecular flexibility index (Phi) is 5.88. The zero-order valence-electron chi connectivity index (χ0n) is 14.5. The van der Waals surface area contributed by atoms with E-state index in [9.17, 15) is 9.18 Å². The van der Waals surface area contributed by atoms with Crippen molar-refractivity contribution in [2.75, 3.05) is 17.2 Å². The highest BCUT2D eigenvalue weighted by atomic mass is 35.5. The van der Waals surface area contributed by atoms with Crippen LogP contribution in [0, 0.1) is 5.82 Å². The summed E-state index contributed by atoms with van der Waals surface area (Å²) < 4.78 is 18.8. The van der Waals surface area contributed by atoms with Crippen molar-refractivity contribution >= 4 is 34.6 Å². The summed E-state index contributed by atoms with van der Waals surface area (Å²) in [6.45, 7) is 2.48. The number of carbonyl (C=O) groups excluding carboxylic acids is 1. The van der Waals surface area contributed by atoms with Gasteiger partial charge >= 0.3 is 0 Å². The fraction of sp³-hybridized carbons (Fsp3) is 0.100. The van der Waals surface area contributed by atoms with Crippen molar-refractivity contribution < 1.29 is 13.9 Å². The lowest BCUT2D eigenvalue weighted by molar-refractivity contribution is 0.102. The summed E-state index contributed by atoms with van der Waals surface area (Å²) in [4.78, 5) is 16.4. The number of benzene rings is 2. The minimum absolute atomic E-state index is 0.0618. The Morgan fingerprint density at radius 3 is 2.63 bits per heavy atom. The summed E-state index contributed by atoms with van der Waals surface area (Å²) in [6.07, 6.45) is 1.55. The first-order valence-corrected chi connectivity index (χ1v) is 8.66. The molecule has 1 aromatic heterocycles. The summed E-state index contributed by atoms with van der Waals surface area (Å²) in [5.41, 5.74) is 2.13. The van der Waals surface area contributed by atoms with Crippen LogP contribution in [0.4, 0.5) is 21.5 Å². The second-order valence-corrected chi connectivity index (χ2v) is 5.98. The highest BCUT2D eigenvalue weighted by Gasteiger charge is 2.10. The molecular weight excluding hydrogens is 369 g/mol. The van der Waals surface area contributed by atoms with Crippen molar-refractivity contribution in [2.24, 2.45) is 0 Å². The molecule has 0 saturated heterocycles. The molecule has 1 heterocycles. The zero-order chi connectivity index (χ0) is 19.2. The van der Waals surface area contributed by atoms with Crippen molar-refractivity contribution in [1.29, 1.82) is 0 Å². The molecule has 0 bridgehead atoms. The van der Waals surface area contributed by atoms with Crippen LogP contribution in [-0.4, -0.2) is 17.5 Å². The van der Waals surface area contributed by atoms with Gasteiger partial charge in [-0.1, -0.05) is 23.7 Å².